The van der Waals surface area contributed by atoms with E-state index in [-0.39, 0.29) is 73.0 Å². The highest BCUT2D eigenvalue weighted by Gasteiger charge is 2.32. The van der Waals surface area contributed by atoms with Crippen molar-refractivity contribution < 1.29 is 99.9 Å². The maximum absolute atomic E-state index is 11.1. The van der Waals surface area contributed by atoms with Crippen molar-refractivity contribution in [2.45, 2.75) is 117 Å². The lowest BCUT2D eigenvalue weighted by Gasteiger charge is -2.37. The molecule has 0 aliphatic carbocycles. The molecule has 111 heavy (non-hydrogen) atoms. The number of hydrogen-bond donors (Lipinski definition) is 2. The second-order valence-electron chi connectivity index (χ2n) is 30.6. The second kappa shape index (κ2) is 44.8. The smallest absolute Gasteiger partial charge is 0.303 e. The summed E-state index contributed by atoms with van der Waals surface area (Å²) in [6, 6.07) is 58.9. The highest BCUT2D eigenvalue weighted by Crippen LogP contribution is 2.48. The first-order chi connectivity index (χ1) is 52.5. The predicted octanol–water partition coefficient (Wildman–Crippen LogP) is 11.0. The number of fused-ring (bicyclic) bond motifs is 6. The number of anilines is 3. The van der Waals surface area contributed by atoms with Crippen molar-refractivity contribution in [3.05, 3.63) is 214 Å². The molecule has 6 aromatic carbocycles. The zero-order chi connectivity index (χ0) is 77.5. The topological polar surface area (TPSA) is 121 Å². The number of benzene rings is 6. The van der Waals surface area contributed by atoms with E-state index in [1.807, 2.05) is 63.5 Å². The summed E-state index contributed by atoms with van der Waals surface area (Å²) >= 11 is 7.96. The Balaban J connectivity index is 0.000000279. The van der Waals surface area contributed by atoms with Gasteiger partial charge < -0.3 is 101 Å². The second-order valence-corrected chi connectivity index (χ2v) is 34.9. The van der Waals surface area contributed by atoms with Gasteiger partial charge >= 0.3 is 11.9 Å². The van der Waals surface area contributed by atoms with Crippen LogP contribution in [0.25, 0.3) is 50.9 Å². The number of carboxylic acid groups (broad SMARTS) is 2. The summed E-state index contributed by atoms with van der Waals surface area (Å²) in [5, 5.41) is 25.3. The number of aryl methyl sites for hydroxylation is 3. The Bertz CT molecular complexity index is 4440. The van der Waals surface area contributed by atoms with Crippen molar-refractivity contribution in [1.29, 1.82) is 0 Å². The van der Waals surface area contributed by atoms with Crippen LogP contribution in [-0.4, -0.2) is 188 Å². The summed E-state index contributed by atoms with van der Waals surface area (Å²) in [6.45, 7) is 10.0. The number of carboxylic acids is 2. The predicted molar refractivity (Wildman–Crippen MR) is 464 cm³/mol. The molecule has 594 valence electrons. The fourth-order valence-electron chi connectivity index (χ4n) is 14.6. The molecule has 6 heterocycles. The summed E-state index contributed by atoms with van der Waals surface area (Å²) in [4.78, 5) is 36.5. The molecule has 2 N–H and O–H groups in total. The van der Waals surface area contributed by atoms with Crippen LogP contribution in [-0.2, 0) is 38.7 Å². The van der Waals surface area contributed by atoms with E-state index >= 15 is 0 Å². The number of ether oxygens (including phenoxy) is 2. The van der Waals surface area contributed by atoms with E-state index < -0.39 is 11.9 Å². The van der Waals surface area contributed by atoms with Gasteiger partial charge in [0.05, 0.1) is 109 Å². The van der Waals surface area contributed by atoms with Crippen LogP contribution in [0.15, 0.2) is 212 Å². The van der Waals surface area contributed by atoms with E-state index in [1.165, 1.54) is 107 Å². The van der Waals surface area contributed by atoms with Crippen molar-refractivity contribution in [3.63, 3.8) is 0 Å². The van der Waals surface area contributed by atoms with Crippen molar-refractivity contribution >= 4 is 138 Å². The van der Waals surface area contributed by atoms with Crippen LogP contribution in [0.2, 0.25) is 0 Å². The molecular weight excluding hydrogens is 1780 g/mol. The Morgan fingerprint density at radius 2 is 0.757 bits per heavy atom. The number of aliphatic carboxylic acids is 2. The Hall–Kier alpha value is -5.89. The average molecular weight is 1900 g/mol. The van der Waals surface area contributed by atoms with Crippen LogP contribution >= 0.6 is 57.9 Å². The van der Waals surface area contributed by atoms with Gasteiger partial charge in [0.2, 0.25) is 16.6 Å². The molecule has 12 rings (SSSR count). The van der Waals surface area contributed by atoms with E-state index in [9.17, 15) is 9.59 Å². The van der Waals surface area contributed by atoms with Crippen LogP contribution in [0.3, 0.4) is 0 Å². The minimum Gasteiger partial charge on any atom is -1.00 e. The van der Waals surface area contributed by atoms with Crippen molar-refractivity contribution in [2.24, 2.45) is 0 Å². The number of nitrogens with zero attached hydrogens (tertiary/aromatic N) is 10. The van der Waals surface area contributed by atoms with Crippen molar-refractivity contribution in [2.75, 3.05) is 149 Å². The van der Waals surface area contributed by atoms with Gasteiger partial charge in [-0.15, -0.1) is 0 Å². The number of aromatic nitrogens is 3. The van der Waals surface area contributed by atoms with E-state index in [1.54, 1.807) is 0 Å². The summed E-state index contributed by atoms with van der Waals surface area (Å²) in [5.41, 5.74) is 11.4. The first-order valence-electron chi connectivity index (χ1n) is 38.6. The number of rotatable bonds is 36. The summed E-state index contributed by atoms with van der Waals surface area (Å²) in [6.07, 6.45) is 22.8. The minimum atomic E-state index is -0.726. The molecule has 0 radical (unpaired) electrons. The number of alkyl halides is 1. The van der Waals surface area contributed by atoms with Gasteiger partial charge in [0, 0.05) is 122 Å². The highest BCUT2D eigenvalue weighted by molar-refractivity contribution is 14.1. The number of pyridine rings is 3. The number of likely N-dealkylation sites (N-methyl/N-ethyl adjacent to an activating group) is 4. The fraction of sp³-hybridized carbons (Fsp3) is 0.404. The van der Waals surface area contributed by atoms with Gasteiger partial charge in [-0.2, -0.15) is 13.7 Å². The minimum absolute atomic E-state index is 0. The molecule has 9 aromatic rings. The molecular formula is C89H116I3N10O6S3+3. The Labute approximate surface area is 721 Å². The van der Waals surface area contributed by atoms with Crippen molar-refractivity contribution in [1.82, 2.24) is 9.80 Å². The average Bonchev–Trinajstić information content (AvgIpc) is 1.76. The molecule has 0 saturated carbocycles. The molecule has 3 aliphatic rings. The lowest BCUT2D eigenvalue weighted by atomic mass is 10.1. The van der Waals surface area contributed by atoms with E-state index in [0.717, 1.165) is 113 Å². The monoisotopic (exact) mass is 1900 g/mol. The van der Waals surface area contributed by atoms with E-state index in [2.05, 4.69) is 311 Å². The van der Waals surface area contributed by atoms with Crippen LogP contribution in [0, 0.1) is 0 Å². The van der Waals surface area contributed by atoms with Crippen LogP contribution in [0.5, 0.6) is 0 Å². The molecule has 0 spiro atoms. The van der Waals surface area contributed by atoms with Crippen LogP contribution in [0.4, 0.5) is 17.1 Å². The summed E-state index contributed by atoms with van der Waals surface area (Å²) < 4.78 is 22.7. The number of quaternary nitrogens is 2. The lowest BCUT2D eigenvalue weighted by Crippen LogP contribution is -3.00. The molecule has 0 amide bonds. The van der Waals surface area contributed by atoms with Gasteiger partial charge in [-0.3, -0.25) is 9.59 Å². The normalized spacial score (nSPS) is 14.6. The van der Waals surface area contributed by atoms with E-state index in [0.29, 0.717) is 19.6 Å². The molecule has 22 heteroatoms. The van der Waals surface area contributed by atoms with Crippen LogP contribution < -0.4 is 76.4 Å². The van der Waals surface area contributed by atoms with Gasteiger partial charge in [-0.05, 0) is 143 Å². The maximum atomic E-state index is 11.1. The summed E-state index contributed by atoms with van der Waals surface area (Å²) in [5.74, 6) is -1.44. The lowest BCUT2D eigenvalue weighted by molar-refractivity contribution is -0.916. The molecule has 0 fully saturated rings. The zero-order valence-electron chi connectivity index (χ0n) is 66.8. The number of carbonyl (C=O) groups is 2. The van der Waals surface area contributed by atoms with Gasteiger partial charge in [0.1, 0.15) is 19.6 Å². The van der Waals surface area contributed by atoms with Crippen LogP contribution in [0.1, 0.15) is 87.3 Å². The zero-order valence-corrected chi connectivity index (χ0v) is 75.8. The number of halogens is 3. The molecule has 0 unspecified atom stereocenters. The third-order valence-corrected chi connectivity index (χ3v) is 24.5. The van der Waals surface area contributed by atoms with E-state index in [4.69, 9.17) is 19.7 Å². The number of para-hydroxylation sites is 6. The molecule has 16 nitrogen and oxygen atoms in total. The number of unbranched alkanes of at least 4 members (excludes halogenated alkanes) is 4. The Morgan fingerprint density at radius 3 is 1.08 bits per heavy atom. The molecule has 3 aromatic heterocycles. The third-order valence-electron chi connectivity index (χ3n) is 20.2. The standard InChI is InChI=1S/C55H67N6O3S2.C21H20IN2S.C13H28N2O3.2HI/c1-56-49-24-13-15-26-51(49)65-53(56)38-42-29-33-58(47-22-11-9-20-45(42)47)31-18-35-60(3,4)40-44(64-37-17-7-8-28-55(62)63)41-61(5,6)36-19-32-59-34-30-43(46-21-10-12-23-48(46)59)39-54-57(2)50-25-14-16-27-52(50)66-54;1-23-19-9-4-5-10-20(19)25-21(23)15-16-11-14-24(13-6-12-22)18-8-3-2-7-17(16)18;1-14(2)10-12(11-15(3)4)18-9-7-5-6-8-13(16)17;;/h9-16,20-27,29-30,33-34,38-39,44H,7-8,17-19,28,31-32,35-37,40-41H2,1-6H3;2-5,7-11,14-15H,6,12-13H2,1H3;12H,5-11H2,1-4H3,(H,16,17);2*1H/q+3;+1;;;/p-1. The van der Waals surface area contributed by atoms with Gasteiger partial charge in [-0.1, -0.05) is 144 Å². The largest absolute Gasteiger partial charge is 1.00 e. The van der Waals surface area contributed by atoms with Gasteiger partial charge in [-0.25, -0.2) is 0 Å². The Kier molecular flexibility index (Phi) is 36.6. The fourth-order valence-corrected chi connectivity index (χ4v) is 18.3. The highest BCUT2D eigenvalue weighted by atomic mass is 127. The number of thioether (sulfide) groups is 3. The molecule has 0 atom stereocenters. The van der Waals surface area contributed by atoms with Gasteiger partial charge in [0.25, 0.3) is 0 Å². The first-order valence-corrected chi connectivity index (χ1v) is 42.6. The molecule has 0 saturated heterocycles. The maximum Gasteiger partial charge on any atom is 0.303 e. The molecule has 0 bridgehead atoms. The van der Waals surface area contributed by atoms with Gasteiger partial charge in [0.15, 0.2) is 37.8 Å². The SMILES string of the molecule is CN(C)CC(CN(C)C)OCCCCCC(=O)O.CN1C(=Cc2cc[n+](CCCI)c3ccccc23)Sc2ccccc21.CN1C(=Cc2cc[n+](CCC[N+](C)(C)CC(C[N+](C)(C)CCC[n+]3ccc(C=C4Sc5ccccc5N4C)c4ccccc43)OCCCCCC(=O)O)c3ccccc23)Sc2ccccc21.[I-].[I-]. The first kappa shape index (κ1) is 90.6. The van der Waals surface area contributed by atoms with Crippen molar-refractivity contribution in [3.8, 4) is 0 Å². The molecule has 3 aliphatic heterocycles. The Morgan fingerprint density at radius 1 is 0.441 bits per heavy atom. The summed E-state index contributed by atoms with van der Waals surface area (Å²) in [7, 11) is 24.0. The number of hydrogen-bond acceptors (Lipinski definition) is 12. The third kappa shape index (κ3) is 26.8. The quantitative estimate of drug-likeness (QED) is 0.0127.